The zero-order valence-electron chi connectivity index (χ0n) is 16.7. The molecule has 0 spiro atoms. The highest BCUT2D eigenvalue weighted by atomic mass is 16.6. The molecule has 29 heavy (non-hydrogen) atoms. The van der Waals surface area contributed by atoms with Gasteiger partial charge in [-0.2, -0.15) is 0 Å². The Bertz CT molecular complexity index is 768. The minimum absolute atomic E-state index is 0.00225. The molecule has 0 aliphatic heterocycles. The van der Waals surface area contributed by atoms with Crippen LogP contribution in [0.3, 0.4) is 0 Å². The summed E-state index contributed by atoms with van der Waals surface area (Å²) in [5.41, 5.74) is 1.71. The number of benzene rings is 2. The van der Waals surface area contributed by atoms with Gasteiger partial charge in [0.15, 0.2) is 0 Å². The van der Waals surface area contributed by atoms with Gasteiger partial charge in [0.2, 0.25) is 0 Å². The molecule has 0 aliphatic rings. The van der Waals surface area contributed by atoms with E-state index < -0.39 is 17.2 Å². The van der Waals surface area contributed by atoms with Gasteiger partial charge in [-0.15, -0.1) is 0 Å². The minimum Gasteiger partial charge on any atom is -0.445 e. The lowest BCUT2D eigenvalue weighted by Crippen LogP contribution is -2.41. The van der Waals surface area contributed by atoms with Gasteiger partial charge in [0.25, 0.3) is 5.69 Å². The molecule has 0 saturated carbocycles. The van der Waals surface area contributed by atoms with Gasteiger partial charge in [-0.1, -0.05) is 37.3 Å². The molecule has 1 unspecified atom stereocenters. The van der Waals surface area contributed by atoms with Crippen molar-refractivity contribution in [2.24, 2.45) is 0 Å². The number of nitro groups is 1. The molecule has 156 valence electrons. The van der Waals surface area contributed by atoms with E-state index >= 15 is 0 Å². The molecule has 8 heteroatoms. The van der Waals surface area contributed by atoms with E-state index in [1.807, 2.05) is 44.2 Å². The molecule has 8 nitrogen and oxygen atoms in total. The molecule has 0 heterocycles. The molecule has 2 atom stereocenters. The summed E-state index contributed by atoms with van der Waals surface area (Å²) in [6.07, 6.45) is 0.236. The number of rotatable bonds is 11. The number of nitrogens with one attached hydrogen (secondary N) is 2. The number of ether oxygens (including phenoxy) is 2. The molecule has 0 fully saturated rings. The molecule has 0 aromatic heterocycles. The number of anilines is 1. The molecular formula is C21H27N3O5. The molecule has 0 aliphatic carbocycles. The Hall–Kier alpha value is -3.13. The van der Waals surface area contributed by atoms with Crippen molar-refractivity contribution in [2.75, 3.05) is 11.9 Å². The highest BCUT2D eigenvalue weighted by Crippen LogP contribution is 2.18. The second-order valence-corrected chi connectivity index (χ2v) is 6.44. The van der Waals surface area contributed by atoms with Gasteiger partial charge in [0.1, 0.15) is 12.8 Å². The minimum atomic E-state index is -0.544. The first kappa shape index (κ1) is 22.2. The van der Waals surface area contributed by atoms with Crippen molar-refractivity contribution in [2.45, 2.75) is 45.6 Å². The quantitative estimate of drug-likeness (QED) is 0.327. The van der Waals surface area contributed by atoms with Gasteiger partial charge in [0.05, 0.1) is 4.92 Å². The third-order valence-electron chi connectivity index (χ3n) is 4.30. The van der Waals surface area contributed by atoms with Gasteiger partial charge >= 0.3 is 6.09 Å². The van der Waals surface area contributed by atoms with E-state index in [2.05, 4.69) is 10.6 Å². The first-order valence-corrected chi connectivity index (χ1v) is 9.61. The van der Waals surface area contributed by atoms with Crippen molar-refractivity contribution in [3.05, 3.63) is 70.3 Å². The fourth-order valence-electron chi connectivity index (χ4n) is 2.77. The first-order chi connectivity index (χ1) is 14.0. The monoisotopic (exact) mass is 401 g/mol. The maximum atomic E-state index is 12.1. The Morgan fingerprint density at radius 2 is 1.79 bits per heavy atom. The third-order valence-corrected chi connectivity index (χ3v) is 4.30. The number of carbonyl (C=O) groups excluding carboxylic acids is 1. The summed E-state index contributed by atoms with van der Waals surface area (Å²) in [4.78, 5) is 22.5. The number of carbonyl (C=O) groups is 1. The van der Waals surface area contributed by atoms with Crippen molar-refractivity contribution in [3.8, 4) is 0 Å². The normalized spacial score (nSPS) is 12.6. The average molecular weight is 401 g/mol. The highest BCUT2D eigenvalue weighted by Gasteiger charge is 2.19. The van der Waals surface area contributed by atoms with Crippen LogP contribution in [0, 0.1) is 10.1 Å². The SMILES string of the molecule is CCOC(C[C@@H](CC)Nc1ccc([N+](=O)[O-])cc1)NC(=O)OCc1ccccc1. The Balaban J connectivity index is 1.88. The van der Waals surface area contributed by atoms with Crippen LogP contribution in [0.25, 0.3) is 0 Å². The van der Waals surface area contributed by atoms with Crippen LogP contribution in [0.15, 0.2) is 54.6 Å². The van der Waals surface area contributed by atoms with Crippen LogP contribution < -0.4 is 10.6 Å². The summed E-state index contributed by atoms with van der Waals surface area (Å²) >= 11 is 0. The standard InChI is InChI=1S/C21H27N3O5/c1-3-17(22-18-10-12-19(13-11-18)24(26)27)14-20(28-4-2)23-21(25)29-15-16-8-6-5-7-9-16/h5-13,17,20,22H,3-4,14-15H2,1-2H3,(H,23,25)/t17-,20?/m1/s1. The molecule has 2 aromatic rings. The molecule has 2 rings (SSSR count). The summed E-state index contributed by atoms with van der Waals surface area (Å²) < 4.78 is 10.9. The lowest BCUT2D eigenvalue weighted by atomic mass is 10.1. The number of non-ortho nitro benzene ring substituents is 1. The van der Waals surface area contributed by atoms with Crippen molar-refractivity contribution in [3.63, 3.8) is 0 Å². The van der Waals surface area contributed by atoms with Crippen LogP contribution in [-0.2, 0) is 16.1 Å². The fourth-order valence-corrected chi connectivity index (χ4v) is 2.77. The van der Waals surface area contributed by atoms with Gasteiger partial charge < -0.3 is 14.8 Å². The molecule has 2 N–H and O–H groups in total. The van der Waals surface area contributed by atoms with Gasteiger partial charge in [-0.25, -0.2) is 4.79 Å². The van der Waals surface area contributed by atoms with E-state index in [4.69, 9.17) is 9.47 Å². The maximum Gasteiger partial charge on any atom is 0.409 e. The Morgan fingerprint density at radius 1 is 1.10 bits per heavy atom. The number of amides is 1. The van der Waals surface area contributed by atoms with Crippen molar-refractivity contribution < 1.29 is 19.2 Å². The number of hydrogen-bond acceptors (Lipinski definition) is 6. The Labute approximate surface area is 170 Å². The van der Waals surface area contributed by atoms with Crippen molar-refractivity contribution >= 4 is 17.5 Å². The molecule has 1 amide bonds. The number of hydrogen-bond donors (Lipinski definition) is 2. The van der Waals surface area contributed by atoms with Crippen LogP contribution in [-0.4, -0.2) is 29.9 Å². The van der Waals surface area contributed by atoms with Crippen LogP contribution in [0.1, 0.15) is 32.3 Å². The van der Waals surface area contributed by atoms with E-state index in [-0.39, 0.29) is 18.3 Å². The molecule has 0 saturated heterocycles. The van der Waals surface area contributed by atoms with Crippen molar-refractivity contribution in [1.29, 1.82) is 0 Å². The summed E-state index contributed by atoms with van der Waals surface area (Å²) in [5.74, 6) is 0. The smallest absolute Gasteiger partial charge is 0.409 e. The average Bonchev–Trinajstić information content (AvgIpc) is 2.73. The second kappa shape index (κ2) is 11.7. The topological polar surface area (TPSA) is 103 Å². The summed E-state index contributed by atoms with van der Waals surface area (Å²) in [5, 5.41) is 16.8. The Kier molecular flexibility index (Phi) is 8.91. The number of nitro benzene ring substituents is 1. The first-order valence-electron chi connectivity index (χ1n) is 9.61. The molecular weight excluding hydrogens is 374 g/mol. The number of alkyl carbamates (subject to hydrolysis) is 1. The lowest BCUT2D eigenvalue weighted by molar-refractivity contribution is -0.384. The van der Waals surface area contributed by atoms with Gasteiger partial charge in [-0.3, -0.25) is 15.4 Å². The van der Waals surface area contributed by atoms with Crippen LogP contribution >= 0.6 is 0 Å². The van der Waals surface area contributed by atoms with E-state index in [1.165, 1.54) is 12.1 Å². The van der Waals surface area contributed by atoms with E-state index in [9.17, 15) is 14.9 Å². The summed E-state index contributed by atoms with van der Waals surface area (Å²) in [6, 6.07) is 15.7. The fraction of sp³-hybridized carbons (Fsp3) is 0.381. The van der Waals surface area contributed by atoms with E-state index in [0.29, 0.717) is 13.0 Å². The summed E-state index contributed by atoms with van der Waals surface area (Å²) in [7, 11) is 0. The predicted octanol–water partition coefficient (Wildman–Crippen LogP) is 4.46. The second-order valence-electron chi connectivity index (χ2n) is 6.44. The van der Waals surface area contributed by atoms with Crippen LogP contribution in [0.4, 0.5) is 16.2 Å². The Morgan fingerprint density at radius 3 is 2.38 bits per heavy atom. The van der Waals surface area contributed by atoms with E-state index in [0.717, 1.165) is 17.7 Å². The molecule has 0 radical (unpaired) electrons. The lowest BCUT2D eigenvalue weighted by Gasteiger charge is -2.25. The highest BCUT2D eigenvalue weighted by molar-refractivity contribution is 5.67. The largest absolute Gasteiger partial charge is 0.445 e. The predicted molar refractivity (Wildman–Crippen MR) is 111 cm³/mol. The van der Waals surface area contributed by atoms with Gasteiger partial charge in [-0.05, 0) is 31.0 Å². The van der Waals surface area contributed by atoms with Crippen molar-refractivity contribution in [1.82, 2.24) is 5.32 Å². The zero-order valence-corrected chi connectivity index (χ0v) is 16.7. The summed E-state index contributed by atoms with van der Waals surface area (Å²) in [6.45, 7) is 4.50. The molecule has 0 bridgehead atoms. The maximum absolute atomic E-state index is 12.1. The van der Waals surface area contributed by atoms with E-state index in [1.54, 1.807) is 12.1 Å². The molecule has 2 aromatic carbocycles. The van der Waals surface area contributed by atoms with Gasteiger partial charge in [0, 0.05) is 36.9 Å². The number of nitrogens with zero attached hydrogens (tertiary/aromatic N) is 1. The van der Waals surface area contributed by atoms with Crippen LogP contribution in [0.2, 0.25) is 0 Å². The zero-order chi connectivity index (χ0) is 21.1. The van der Waals surface area contributed by atoms with Crippen LogP contribution in [0.5, 0.6) is 0 Å². The third kappa shape index (κ3) is 7.79.